The maximum atomic E-state index is 11.8. The molecule has 2 aliphatic rings. The summed E-state index contributed by atoms with van der Waals surface area (Å²) >= 11 is 31.0. The number of piperidine rings is 1. The lowest BCUT2D eigenvalue weighted by molar-refractivity contribution is -0.401. The van der Waals surface area contributed by atoms with Gasteiger partial charge in [-0.15, -0.1) is 13.2 Å². The number of aliphatic hydroxyl groups is 2. The van der Waals surface area contributed by atoms with Gasteiger partial charge in [0.25, 0.3) is 5.91 Å². The molecule has 0 spiro atoms. The highest BCUT2D eigenvalue weighted by molar-refractivity contribution is 9.11. The lowest BCUT2D eigenvalue weighted by atomic mass is 9.78. The van der Waals surface area contributed by atoms with E-state index in [1.165, 1.54) is 6.92 Å². The van der Waals surface area contributed by atoms with Crippen LogP contribution in [0.5, 0.6) is 5.75 Å². The van der Waals surface area contributed by atoms with Gasteiger partial charge >= 0.3 is 23.9 Å². The summed E-state index contributed by atoms with van der Waals surface area (Å²) in [6.45, 7) is 82.6. The van der Waals surface area contributed by atoms with Crippen LogP contribution in [0.25, 0.3) is 0 Å². The molecule has 8 atom stereocenters. The minimum atomic E-state index is -1.03. The van der Waals surface area contributed by atoms with Gasteiger partial charge in [0, 0.05) is 91.1 Å². The molecule has 1 saturated heterocycles. The first-order valence-electron chi connectivity index (χ1n) is 45.1. The molecule has 814 valence electrons. The number of esters is 4. The van der Waals surface area contributed by atoms with Gasteiger partial charge in [0.1, 0.15) is 65.1 Å². The molecule has 1 heterocycles. The van der Waals surface area contributed by atoms with Crippen LogP contribution < -0.4 is 10.2 Å². The van der Waals surface area contributed by atoms with E-state index < -0.39 is 47.8 Å². The number of amides is 2. The van der Waals surface area contributed by atoms with Crippen LogP contribution in [0.1, 0.15) is 219 Å². The quantitative estimate of drug-likeness (QED) is 0.00688. The van der Waals surface area contributed by atoms with Gasteiger partial charge < -0.3 is 49.0 Å². The summed E-state index contributed by atoms with van der Waals surface area (Å²) in [5.74, 6) is -0.599. The second kappa shape index (κ2) is 74.2. The van der Waals surface area contributed by atoms with Gasteiger partial charge in [-0.05, 0) is 261 Å². The zero-order valence-corrected chi connectivity index (χ0v) is 101. The Morgan fingerprint density at radius 2 is 0.821 bits per heavy atom. The van der Waals surface area contributed by atoms with Crippen molar-refractivity contribution in [2.24, 2.45) is 17.8 Å². The smallest absolute Gasteiger partial charge is 0.333 e. The first-order valence-corrected chi connectivity index (χ1v) is 52.3. The number of hydrogen-bond acceptors (Lipinski definition) is 31. The maximum Gasteiger partial charge on any atom is 0.333 e. The van der Waals surface area contributed by atoms with Gasteiger partial charge in [0.15, 0.2) is 23.6 Å². The summed E-state index contributed by atoms with van der Waals surface area (Å²) in [7, 11) is 0. The topological polar surface area (TPSA) is 381 Å². The molecule has 0 aromatic heterocycles. The Bertz CT molecular complexity index is 3760. The molecule has 0 radical (unpaired) electrons. The Kier molecular flexibility index (Phi) is 76.1. The summed E-state index contributed by atoms with van der Waals surface area (Å²) in [4.78, 5) is 157. The van der Waals surface area contributed by atoms with Gasteiger partial charge in [0.2, 0.25) is 5.91 Å². The summed E-state index contributed by atoms with van der Waals surface area (Å²) in [5, 5.41) is 31.3. The third kappa shape index (κ3) is 88.2. The molecular formula is C98H163Br9N2O31. The minimum absolute atomic E-state index is 0.0161. The van der Waals surface area contributed by atoms with Crippen molar-refractivity contribution in [1.82, 2.24) is 4.90 Å². The van der Waals surface area contributed by atoms with Crippen molar-refractivity contribution in [2.75, 3.05) is 137 Å². The third-order valence-electron chi connectivity index (χ3n) is 16.8. The largest absolute Gasteiger partial charge is 0.460 e. The van der Waals surface area contributed by atoms with Crippen LogP contribution in [0, 0.1) is 17.8 Å². The zero-order chi connectivity index (χ0) is 109. The second-order valence-electron chi connectivity index (χ2n) is 39.4. The van der Waals surface area contributed by atoms with E-state index >= 15 is 0 Å². The number of aliphatic hydroxyl groups excluding tert-OH is 2. The Balaban J connectivity index is -0.000000773. The molecule has 1 aliphatic carbocycles. The van der Waals surface area contributed by atoms with Crippen LogP contribution in [-0.4, -0.2) is 263 Å². The Morgan fingerprint density at radius 3 is 1.21 bits per heavy atom. The fourth-order valence-electron chi connectivity index (χ4n) is 9.64. The fraction of sp³-hybridized carbons (Fsp3) is 0.714. The molecule has 4 N–H and O–H groups in total. The van der Waals surface area contributed by atoms with Gasteiger partial charge in [-0.3, -0.25) is 14.8 Å². The molecular weight excluding hydrogens is 2420 g/mol. The van der Waals surface area contributed by atoms with Crippen molar-refractivity contribution in [2.45, 2.75) is 294 Å². The predicted octanol–water partition coefficient (Wildman–Crippen LogP) is 22.6. The summed E-state index contributed by atoms with van der Waals surface area (Å²) in [6, 6.07) is 6.90. The van der Waals surface area contributed by atoms with Crippen LogP contribution in [0.2, 0.25) is 0 Å². The normalized spacial score (nSPS) is 16.1. The van der Waals surface area contributed by atoms with Crippen LogP contribution in [0.3, 0.4) is 0 Å². The molecule has 2 amide bonds. The number of nitrogens with zero attached hydrogens (tertiary/aromatic N) is 1. The van der Waals surface area contributed by atoms with E-state index in [2.05, 4.69) is 206 Å². The molecule has 1 aliphatic heterocycles. The second-order valence-corrected chi connectivity index (χ2v) is 58.6. The predicted molar refractivity (Wildman–Crippen MR) is 576 cm³/mol. The molecule has 1 saturated carbocycles. The SMILES string of the molecule is C=C(C)C(=O)N1CCC(C(OO)C(C)(C)Br)CC1.C=C(C)C(=O)Nc1ccc(OOCC(C)(C)Br)cc1.C=C(C)C(=O)OCC(C)(COOCC(C)(C)Br)OOCC(C)(C)Br.C=C(C)C(=O)OCC(COOCC(C)(C)Br)OOCC(C)(C)Br.C=C(C)C(=O)OCC(O)COOCC(C)(C)Br.C=C(C)CC1CCC(COOCC(C)(C)Br)CC1O.C=CCOCC(COC(=O)C(=C)C)OOCC(C)(C)Br. The van der Waals surface area contributed by atoms with Crippen LogP contribution in [0.15, 0.2) is 122 Å². The van der Waals surface area contributed by atoms with E-state index in [-0.39, 0.29) is 127 Å². The van der Waals surface area contributed by atoms with Gasteiger partial charge in [0.05, 0.1) is 72.2 Å². The molecule has 42 heteroatoms. The van der Waals surface area contributed by atoms with Crippen molar-refractivity contribution in [3.8, 4) is 5.75 Å². The maximum absolute atomic E-state index is 11.8. The standard InChI is InChI=1S/C16H28Br2O6.C15H26Br2O6.C15H27BrO3.C14H18BrNO3.C14H23BrO5.C13H22BrNO3.C11H19BrO5/c1-12(2)13(19)20-10-16(7,24-23-9-15(5,6)18)11-22-21-8-14(3,4)17;1-11(2)13(18)19-7-12(23-22-10-15(5,6)17)8-20-21-9-14(3,4)16;1-11(2)7-13-6-5-12(8-14(13)17)9-18-19-10-15(3,4)16;1-10(2)13(17)16-11-5-7-12(8-6-11)19-18-9-14(3,4)15;1-6-7-17-8-12(9-18-13(16)11(2)3)20-19-10-14(4,5)15;1-9(2)12(16)15-7-5-10(6-8-15)11(18-17)13(3,4)14;1-8(2)10(14)15-5-9(13)6-16-17-7-11(3,4)12/h1,8-11H2,2-7H3;12H,1,7-10H2,2-6H3;12-14,17H,1,5-10H2,2-4H3;5-8H,1,9H2,2-4H3,(H,16,17);6,12H,1-2,7-10H2,3-5H3;10-11,17H,1,5-8H2,2-4H3;9,13H,1,5-7H2,2-4H3. The number of halogens is 9. The highest BCUT2D eigenvalue weighted by Gasteiger charge is 2.39. The van der Waals surface area contributed by atoms with E-state index in [0.717, 1.165) is 44.1 Å². The number of benzene rings is 1. The van der Waals surface area contributed by atoms with E-state index in [9.17, 15) is 39.0 Å². The van der Waals surface area contributed by atoms with Gasteiger partial charge in [-0.2, -0.15) is 4.89 Å². The van der Waals surface area contributed by atoms with Crippen LogP contribution >= 0.6 is 143 Å². The number of rotatable bonds is 60. The number of allylic oxidation sites excluding steroid dienone is 1. The summed E-state index contributed by atoms with van der Waals surface area (Å²) in [5.41, 5.74) is 3.08. The van der Waals surface area contributed by atoms with Crippen molar-refractivity contribution in [3.63, 3.8) is 0 Å². The number of alkyl halides is 9. The Hall–Kier alpha value is -2.72. The molecule has 2 fully saturated rings. The first kappa shape index (κ1) is 144. The van der Waals surface area contributed by atoms with E-state index in [0.29, 0.717) is 130 Å². The number of carbonyl (C=O) groups excluding carboxylic acids is 6. The molecule has 3 rings (SSSR count). The lowest BCUT2D eigenvalue weighted by Crippen LogP contribution is -2.46. The molecule has 8 unspecified atom stereocenters. The van der Waals surface area contributed by atoms with Gasteiger partial charge in [-0.25, -0.2) is 92.5 Å². The Morgan fingerprint density at radius 1 is 0.443 bits per heavy atom. The number of likely N-dealkylation sites (tertiary alicyclic amines) is 1. The van der Waals surface area contributed by atoms with Crippen LogP contribution in [0.4, 0.5) is 5.69 Å². The number of ether oxygens (including phenoxy) is 5. The molecule has 1 aromatic carbocycles. The van der Waals surface area contributed by atoms with E-state index in [1.54, 1.807) is 71.9 Å². The van der Waals surface area contributed by atoms with Crippen molar-refractivity contribution < 1.29 is 151 Å². The molecule has 0 bridgehead atoms. The minimum Gasteiger partial charge on any atom is -0.460 e. The number of anilines is 1. The van der Waals surface area contributed by atoms with Crippen molar-refractivity contribution in [3.05, 3.63) is 122 Å². The lowest BCUT2D eigenvalue weighted by Gasteiger charge is -2.38. The number of carbonyl (C=O) groups is 6. The van der Waals surface area contributed by atoms with Gasteiger partial charge in [-0.1, -0.05) is 194 Å². The van der Waals surface area contributed by atoms with E-state index in [4.69, 9.17) is 107 Å². The first-order chi connectivity index (χ1) is 63.9. The van der Waals surface area contributed by atoms with Crippen molar-refractivity contribution in [1.29, 1.82) is 0 Å². The Labute approximate surface area is 909 Å². The molecule has 140 heavy (non-hydrogen) atoms. The summed E-state index contributed by atoms with van der Waals surface area (Å²) < 4.78 is 23.4. The highest BCUT2D eigenvalue weighted by Crippen LogP contribution is 2.36. The third-order valence-corrected chi connectivity index (χ3v) is 19.1. The van der Waals surface area contributed by atoms with E-state index in [1.807, 2.05) is 136 Å². The average Bonchev–Trinajstić information content (AvgIpc) is 0.827. The summed E-state index contributed by atoms with van der Waals surface area (Å²) in [6.07, 6.45) is 4.63. The molecule has 1 aromatic rings. The number of hydrogen-bond donors (Lipinski definition) is 4. The zero-order valence-electron chi connectivity index (χ0n) is 87.2. The number of nitrogens with one attached hydrogen (secondary N) is 1. The van der Waals surface area contributed by atoms with Crippen LogP contribution in [-0.2, 0) is 131 Å². The highest BCUT2D eigenvalue weighted by atomic mass is 79.9. The molecule has 33 nitrogen and oxygen atoms in total. The fourth-order valence-corrected chi connectivity index (χ4v) is 10.8. The monoisotopic (exact) mass is 2570 g/mol. The van der Waals surface area contributed by atoms with Crippen molar-refractivity contribution >= 4 is 185 Å². The average molecular weight is 2580 g/mol.